The van der Waals surface area contributed by atoms with Crippen molar-refractivity contribution >= 4 is 11.6 Å². The number of amides is 1. The van der Waals surface area contributed by atoms with Crippen LogP contribution in [-0.4, -0.2) is 26.1 Å². The molecule has 0 aliphatic carbocycles. The first-order valence-corrected chi connectivity index (χ1v) is 8.85. The van der Waals surface area contributed by atoms with E-state index >= 15 is 0 Å². The van der Waals surface area contributed by atoms with Crippen LogP contribution in [0.1, 0.15) is 35.6 Å². The van der Waals surface area contributed by atoms with Crippen LogP contribution in [0, 0.1) is 11.3 Å². The number of carbonyl (C=O) groups excluding carboxylic acids is 1. The topological polar surface area (TPSA) is 65.4 Å². The number of anilines is 1. The van der Waals surface area contributed by atoms with Gasteiger partial charge in [-0.3, -0.25) is 4.79 Å². The van der Waals surface area contributed by atoms with Gasteiger partial charge in [-0.05, 0) is 48.2 Å². The second kappa shape index (κ2) is 8.50. The van der Waals surface area contributed by atoms with E-state index in [2.05, 4.69) is 28.4 Å². The molecule has 5 nitrogen and oxygen atoms in total. The molecule has 1 aliphatic rings. The predicted molar refractivity (Wildman–Crippen MR) is 101 cm³/mol. The van der Waals surface area contributed by atoms with Gasteiger partial charge in [-0.25, -0.2) is 0 Å². The Kier molecular flexibility index (Phi) is 5.88. The van der Waals surface area contributed by atoms with Gasteiger partial charge >= 0.3 is 0 Å². The van der Waals surface area contributed by atoms with Crippen molar-refractivity contribution in [2.24, 2.45) is 0 Å². The van der Waals surface area contributed by atoms with Gasteiger partial charge in [-0.1, -0.05) is 24.3 Å². The fourth-order valence-electron chi connectivity index (χ4n) is 3.21. The third-order valence-corrected chi connectivity index (χ3v) is 4.69. The third kappa shape index (κ3) is 4.22. The second-order valence-corrected chi connectivity index (χ2v) is 6.43. The van der Waals surface area contributed by atoms with Crippen LogP contribution in [0.15, 0.2) is 48.5 Å². The first-order valence-electron chi connectivity index (χ1n) is 8.85. The van der Waals surface area contributed by atoms with Gasteiger partial charge < -0.3 is 15.0 Å². The van der Waals surface area contributed by atoms with Gasteiger partial charge in [0.15, 0.2) is 6.10 Å². The van der Waals surface area contributed by atoms with Crippen molar-refractivity contribution in [2.45, 2.75) is 25.5 Å². The molecule has 0 saturated carbocycles. The van der Waals surface area contributed by atoms with Crippen molar-refractivity contribution in [1.29, 1.82) is 5.26 Å². The summed E-state index contributed by atoms with van der Waals surface area (Å²) < 4.78 is 5.42. The van der Waals surface area contributed by atoms with Crippen molar-refractivity contribution in [2.75, 3.05) is 25.1 Å². The number of nitrogens with zero attached hydrogens (tertiary/aromatic N) is 2. The van der Waals surface area contributed by atoms with Crippen molar-refractivity contribution < 1.29 is 9.53 Å². The summed E-state index contributed by atoms with van der Waals surface area (Å²) in [4.78, 5) is 14.9. The predicted octanol–water partition coefficient (Wildman–Crippen LogP) is 3.16. The monoisotopic (exact) mass is 349 g/mol. The lowest BCUT2D eigenvalue weighted by Crippen LogP contribution is -2.30. The van der Waals surface area contributed by atoms with Crippen LogP contribution >= 0.6 is 0 Å². The van der Waals surface area contributed by atoms with E-state index in [-0.39, 0.29) is 5.91 Å². The minimum Gasteiger partial charge on any atom is -0.372 e. The summed E-state index contributed by atoms with van der Waals surface area (Å²) in [5.74, 6) is -0.175. The van der Waals surface area contributed by atoms with E-state index in [1.54, 1.807) is 19.2 Å². The van der Waals surface area contributed by atoms with E-state index in [4.69, 9.17) is 10.00 Å². The normalized spacial score (nSPS) is 14.7. The van der Waals surface area contributed by atoms with Gasteiger partial charge in [0.05, 0.1) is 11.6 Å². The highest BCUT2D eigenvalue weighted by Gasteiger charge is 2.20. The van der Waals surface area contributed by atoms with Crippen LogP contribution in [0.4, 0.5) is 5.69 Å². The van der Waals surface area contributed by atoms with Gasteiger partial charge in [0, 0.05) is 32.4 Å². The largest absolute Gasteiger partial charge is 0.372 e. The number of carbonyl (C=O) groups is 1. The van der Waals surface area contributed by atoms with Crippen LogP contribution < -0.4 is 10.2 Å². The van der Waals surface area contributed by atoms with Crippen LogP contribution in [0.5, 0.6) is 0 Å². The summed E-state index contributed by atoms with van der Waals surface area (Å²) >= 11 is 0. The van der Waals surface area contributed by atoms with E-state index in [0.717, 1.165) is 24.2 Å². The van der Waals surface area contributed by atoms with Crippen molar-refractivity contribution in [3.8, 4) is 6.07 Å². The molecule has 0 radical (unpaired) electrons. The minimum absolute atomic E-state index is 0.175. The number of nitriles is 1. The molecule has 1 amide bonds. The highest BCUT2D eigenvalue weighted by atomic mass is 16.5. The SMILES string of the molecule is COC(C(=O)NCc1ccc(C#N)cc1)c1ccc(N2CCCC2)cc1. The van der Waals surface area contributed by atoms with Gasteiger partial charge in [0.25, 0.3) is 5.91 Å². The number of methoxy groups -OCH3 is 1. The molecule has 1 N–H and O–H groups in total. The molecule has 5 heteroatoms. The molecule has 1 heterocycles. The summed E-state index contributed by atoms with van der Waals surface area (Å²) in [6.07, 6.45) is 1.83. The zero-order valence-electron chi connectivity index (χ0n) is 14.9. The molecule has 0 aromatic heterocycles. The van der Waals surface area contributed by atoms with Crippen molar-refractivity contribution in [3.63, 3.8) is 0 Å². The fraction of sp³-hybridized carbons (Fsp3) is 0.333. The van der Waals surface area contributed by atoms with Gasteiger partial charge in [0.2, 0.25) is 0 Å². The first kappa shape index (κ1) is 18.0. The molecule has 2 aromatic carbocycles. The smallest absolute Gasteiger partial charge is 0.254 e. The zero-order valence-corrected chi connectivity index (χ0v) is 14.9. The van der Waals surface area contributed by atoms with E-state index in [1.807, 2.05) is 24.3 Å². The molecular weight excluding hydrogens is 326 g/mol. The Morgan fingerprint density at radius 3 is 2.38 bits per heavy atom. The number of benzene rings is 2. The molecule has 3 rings (SSSR count). The molecule has 26 heavy (non-hydrogen) atoms. The summed E-state index contributed by atoms with van der Waals surface area (Å²) in [7, 11) is 1.54. The molecule has 1 atom stereocenters. The Labute approximate surface area is 154 Å². The molecule has 1 unspecified atom stereocenters. The average Bonchev–Trinajstić information content (AvgIpc) is 3.23. The second-order valence-electron chi connectivity index (χ2n) is 6.43. The number of hydrogen-bond acceptors (Lipinski definition) is 4. The Balaban J connectivity index is 1.61. The molecule has 0 spiro atoms. The summed E-state index contributed by atoms with van der Waals surface area (Å²) in [6, 6.07) is 17.3. The van der Waals surface area contributed by atoms with Crippen LogP contribution in [0.25, 0.3) is 0 Å². The standard InChI is InChI=1S/C21H23N3O2/c1-26-20(18-8-10-19(11-9-18)24-12-2-3-13-24)21(25)23-15-17-6-4-16(14-22)5-7-17/h4-11,20H,2-3,12-13,15H2,1H3,(H,23,25). The van der Waals surface area contributed by atoms with Crippen molar-refractivity contribution in [3.05, 3.63) is 65.2 Å². The van der Waals surface area contributed by atoms with E-state index < -0.39 is 6.10 Å². The number of hydrogen-bond donors (Lipinski definition) is 1. The molecule has 1 fully saturated rings. The Morgan fingerprint density at radius 1 is 1.15 bits per heavy atom. The van der Waals surface area contributed by atoms with Gasteiger partial charge in [-0.2, -0.15) is 5.26 Å². The fourth-order valence-corrected chi connectivity index (χ4v) is 3.21. The zero-order chi connectivity index (χ0) is 18.4. The minimum atomic E-state index is -0.638. The quantitative estimate of drug-likeness (QED) is 0.870. The van der Waals surface area contributed by atoms with Gasteiger partial charge in [-0.15, -0.1) is 0 Å². The lowest BCUT2D eigenvalue weighted by Gasteiger charge is -2.20. The lowest BCUT2D eigenvalue weighted by molar-refractivity contribution is -0.131. The van der Waals surface area contributed by atoms with Crippen LogP contribution in [0.3, 0.4) is 0 Å². The molecule has 2 aromatic rings. The van der Waals surface area contributed by atoms with Crippen molar-refractivity contribution in [1.82, 2.24) is 5.32 Å². The highest BCUT2D eigenvalue weighted by Crippen LogP contribution is 2.24. The number of nitrogens with one attached hydrogen (secondary N) is 1. The van der Waals surface area contributed by atoms with Gasteiger partial charge in [0.1, 0.15) is 0 Å². The summed E-state index contributed by atoms with van der Waals surface area (Å²) in [5.41, 5.74) is 3.58. The molecule has 1 saturated heterocycles. The molecule has 0 bridgehead atoms. The molecule has 134 valence electrons. The Morgan fingerprint density at radius 2 is 1.81 bits per heavy atom. The maximum absolute atomic E-state index is 12.5. The molecule has 1 aliphatic heterocycles. The Bertz CT molecular complexity index is 772. The number of rotatable bonds is 6. The average molecular weight is 349 g/mol. The summed E-state index contributed by atoms with van der Waals surface area (Å²) in [6.45, 7) is 2.59. The Hall–Kier alpha value is -2.84. The van der Waals surface area contributed by atoms with Crippen LogP contribution in [0.2, 0.25) is 0 Å². The molecular formula is C21H23N3O2. The van der Waals surface area contributed by atoms with Crippen LogP contribution in [-0.2, 0) is 16.1 Å². The van der Waals surface area contributed by atoms with E-state index in [0.29, 0.717) is 12.1 Å². The van der Waals surface area contributed by atoms with E-state index in [9.17, 15) is 4.79 Å². The maximum atomic E-state index is 12.5. The summed E-state index contributed by atoms with van der Waals surface area (Å²) in [5, 5.41) is 11.7. The first-order chi connectivity index (χ1) is 12.7. The lowest BCUT2D eigenvalue weighted by atomic mass is 10.1. The third-order valence-electron chi connectivity index (χ3n) is 4.69. The van der Waals surface area contributed by atoms with E-state index in [1.165, 1.54) is 18.5 Å². The highest BCUT2D eigenvalue weighted by molar-refractivity contribution is 5.82. The maximum Gasteiger partial charge on any atom is 0.254 e. The number of ether oxygens (including phenoxy) is 1.